The molecule has 2 amide bonds. The molecule has 0 aliphatic carbocycles. The molecule has 1 heterocycles. The van der Waals surface area contributed by atoms with E-state index in [2.05, 4.69) is 10.6 Å². The van der Waals surface area contributed by atoms with Crippen molar-refractivity contribution in [3.63, 3.8) is 0 Å². The third-order valence-corrected chi connectivity index (χ3v) is 2.88. The third kappa shape index (κ3) is 3.51. The minimum atomic E-state index is -0.310. The molecule has 2 N–H and O–H groups in total. The van der Waals surface area contributed by atoms with E-state index in [1.165, 1.54) is 7.11 Å². The molecule has 1 aromatic carbocycles. The SMILES string of the molecule is COc1ccc(NC(=O)NC2CCCO2)c(OC)c1. The van der Waals surface area contributed by atoms with Crippen LogP contribution in [-0.2, 0) is 4.74 Å². The summed E-state index contributed by atoms with van der Waals surface area (Å²) in [4.78, 5) is 11.8. The Morgan fingerprint density at radius 2 is 2.21 bits per heavy atom. The summed E-state index contributed by atoms with van der Waals surface area (Å²) >= 11 is 0. The van der Waals surface area contributed by atoms with Gasteiger partial charge < -0.3 is 24.8 Å². The first-order valence-corrected chi connectivity index (χ1v) is 6.14. The van der Waals surface area contributed by atoms with Crippen LogP contribution >= 0.6 is 0 Å². The summed E-state index contributed by atoms with van der Waals surface area (Å²) in [6.45, 7) is 0.691. The zero-order valence-electron chi connectivity index (χ0n) is 11.1. The van der Waals surface area contributed by atoms with Gasteiger partial charge in [-0.1, -0.05) is 0 Å². The van der Waals surface area contributed by atoms with Crippen LogP contribution < -0.4 is 20.1 Å². The Balaban J connectivity index is 1.99. The van der Waals surface area contributed by atoms with Gasteiger partial charge in [0.2, 0.25) is 0 Å². The first-order chi connectivity index (χ1) is 9.22. The predicted octanol–water partition coefficient (Wildman–Crippen LogP) is 1.96. The quantitative estimate of drug-likeness (QED) is 0.874. The standard InChI is InChI=1S/C13H18N2O4/c1-17-9-5-6-10(11(8-9)18-2)14-13(16)15-12-4-3-7-19-12/h5-6,8,12H,3-4,7H2,1-2H3,(H2,14,15,16). The summed E-state index contributed by atoms with van der Waals surface area (Å²) in [5, 5.41) is 5.48. The molecule has 1 fully saturated rings. The first kappa shape index (κ1) is 13.5. The highest BCUT2D eigenvalue weighted by molar-refractivity contribution is 5.91. The number of ether oxygens (including phenoxy) is 3. The van der Waals surface area contributed by atoms with Crippen LogP contribution in [0.2, 0.25) is 0 Å². The van der Waals surface area contributed by atoms with Crippen molar-refractivity contribution in [2.45, 2.75) is 19.1 Å². The van der Waals surface area contributed by atoms with Crippen molar-refractivity contribution in [3.05, 3.63) is 18.2 Å². The van der Waals surface area contributed by atoms with E-state index < -0.39 is 0 Å². The highest BCUT2D eigenvalue weighted by atomic mass is 16.5. The van der Waals surface area contributed by atoms with Gasteiger partial charge in [-0.3, -0.25) is 0 Å². The van der Waals surface area contributed by atoms with Crippen molar-refractivity contribution in [1.29, 1.82) is 0 Å². The van der Waals surface area contributed by atoms with Crippen LogP contribution in [0.5, 0.6) is 11.5 Å². The number of urea groups is 1. The summed E-state index contributed by atoms with van der Waals surface area (Å²) in [5.41, 5.74) is 0.582. The fourth-order valence-corrected chi connectivity index (χ4v) is 1.90. The summed E-state index contributed by atoms with van der Waals surface area (Å²) < 4.78 is 15.6. The highest BCUT2D eigenvalue weighted by Crippen LogP contribution is 2.28. The molecule has 6 nitrogen and oxygen atoms in total. The van der Waals surface area contributed by atoms with Crippen LogP contribution in [0.3, 0.4) is 0 Å². The van der Waals surface area contributed by atoms with E-state index in [0.717, 1.165) is 12.8 Å². The van der Waals surface area contributed by atoms with Crippen LogP contribution in [-0.4, -0.2) is 33.1 Å². The maximum Gasteiger partial charge on any atom is 0.321 e. The van der Waals surface area contributed by atoms with Gasteiger partial charge in [-0.2, -0.15) is 0 Å². The zero-order chi connectivity index (χ0) is 13.7. The molecular weight excluding hydrogens is 248 g/mol. The Hall–Kier alpha value is -1.95. The lowest BCUT2D eigenvalue weighted by Gasteiger charge is -2.15. The minimum absolute atomic E-state index is 0.204. The normalized spacial score (nSPS) is 17.9. The molecule has 0 saturated carbocycles. The largest absolute Gasteiger partial charge is 0.497 e. The van der Waals surface area contributed by atoms with Gasteiger partial charge in [0.15, 0.2) is 0 Å². The molecule has 104 valence electrons. The van der Waals surface area contributed by atoms with E-state index in [9.17, 15) is 4.79 Å². The van der Waals surface area contributed by atoms with Crippen LogP contribution in [0.1, 0.15) is 12.8 Å². The number of carbonyl (C=O) groups excluding carboxylic acids is 1. The van der Waals surface area contributed by atoms with E-state index >= 15 is 0 Å². The Bertz CT molecular complexity index is 444. The average molecular weight is 266 g/mol. The van der Waals surface area contributed by atoms with Gasteiger partial charge in [-0.15, -0.1) is 0 Å². The molecule has 0 radical (unpaired) electrons. The molecule has 1 aromatic rings. The number of anilines is 1. The maximum atomic E-state index is 11.8. The van der Waals surface area contributed by atoms with Crippen molar-refractivity contribution >= 4 is 11.7 Å². The van der Waals surface area contributed by atoms with Gasteiger partial charge in [0.05, 0.1) is 19.9 Å². The van der Waals surface area contributed by atoms with Gasteiger partial charge in [-0.25, -0.2) is 4.79 Å². The number of amides is 2. The lowest BCUT2D eigenvalue weighted by molar-refractivity contribution is 0.0928. The molecule has 1 saturated heterocycles. The van der Waals surface area contributed by atoms with Crippen LogP contribution in [0.15, 0.2) is 18.2 Å². The Morgan fingerprint density at radius 3 is 2.84 bits per heavy atom. The number of benzene rings is 1. The lowest BCUT2D eigenvalue weighted by atomic mass is 10.2. The van der Waals surface area contributed by atoms with Crippen molar-refractivity contribution < 1.29 is 19.0 Å². The fraction of sp³-hybridized carbons (Fsp3) is 0.462. The predicted molar refractivity (Wildman–Crippen MR) is 70.7 cm³/mol. The number of rotatable bonds is 4. The molecule has 0 spiro atoms. The Labute approximate surface area is 112 Å². The van der Waals surface area contributed by atoms with Crippen molar-refractivity contribution in [2.24, 2.45) is 0 Å². The third-order valence-electron chi connectivity index (χ3n) is 2.88. The maximum absolute atomic E-state index is 11.8. The highest BCUT2D eigenvalue weighted by Gasteiger charge is 2.18. The van der Waals surface area contributed by atoms with Gasteiger partial charge in [-0.05, 0) is 25.0 Å². The summed E-state index contributed by atoms with van der Waals surface area (Å²) in [6, 6.07) is 4.88. The molecule has 1 aliphatic heterocycles. The smallest absolute Gasteiger partial charge is 0.321 e. The van der Waals surface area contributed by atoms with Gasteiger partial charge in [0, 0.05) is 12.7 Å². The number of carbonyl (C=O) groups is 1. The number of hydrogen-bond donors (Lipinski definition) is 2. The molecule has 0 aromatic heterocycles. The first-order valence-electron chi connectivity index (χ1n) is 6.14. The summed E-state index contributed by atoms with van der Waals surface area (Å²) in [7, 11) is 3.12. The van der Waals surface area contributed by atoms with Crippen LogP contribution in [0, 0.1) is 0 Å². The molecule has 1 unspecified atom stereocenters. The number of methoxy groups -OCH3 is 2. The molecule has 1 aliphatic rings. The van der Waals surface area contributed by atoms with E-state index in [4.69, 9.17) is 14.2 Å². The van der Waals surface area contributed by atoms with Crippen molar-refractivity contribution in [2.75, 3.05) is 26.1 Å². The zero-order valence-corrected chi connectivity index (χ0v) is 11.1. The molecule has 19 heavy (non-hydrogen) atoms. The molecule has 2 rings (SSSR count). The van der Waals surface area contributed by atoms with Crippen LogP contribution in [0.4, 0.5) is 10.5 Å². The summed E-state index contributed by atoms with van der Waals surface area (Å²) in [6.07, 6.45) is 1.61. The Morgan fingerprint density at radius 1 is 1.37 bits per heavy atom. The summed E-state index contributed by atoms with van der Waals surface area (Å²) in [5.74, 6) is 1.21. The minimum Gasteiger partial charge on any atom is -0.497 e. The van der Waals surface area contributed by atoms with Gasteiger partial charge in [0.1, 0.15) is 17.7 Å². The monoisotopic (exact) mass is 266 g/mol. The molecule has 6 heteroatoms. The molecule has 0 bridgehead atoms. The second-order valence-electron chi connectivity index (χ2n) is 4.17. The Kier molecular flexibility index (Phi) is 4.46. The molecular formula is C13H18N2O4. The van der Waals surface area contributed by atoms with Gasteiger partial charge >= 0.3 is 6.03 Å². The topological polar surface area (TPSA) is 68.8 Å². The van der Waals surface area contributed by atoms with Crippen molar-refractivity contribution in [1.82, 2.24) is 5.32 Å². The number of hydrogen-bond acceptors (Lipinski definition) is 4. The van der Waals surface area contributed by atoms with Crippen LogP contribution in [0.25, 0.3) is 0 Å². The molecule has 1 atom stereocenters. The van der Waals surface area contributed by atoms with E-state index in [-0.39, 0.29) is 12.3 Å². The lowest BCUT2D eigenvalue weighted by Crippen LogP contribution is -2.37. The van der Waals surface area contributed by atoms with Crippen molar-refractivity contribution in [3.8, 4) is 11.5 Å². The van der Waals surface area contributed by atoms with E-state index in [1.54, 1.807) is 25.3 Å². The second kappa shape index (κ2) is 6.29. The fourth-order valence-electron chi connectivity index (χ4n) is 1.90. The van der Waals surface area contributed by atoms with Gasteiger partial charge in [0.25, 0.3) is 0 Å². The second-order valence-corrected chi connectivity index (χ2v) is 4.17. The van der Waals surface area contributed by atoms with E-state index in [0.29, 0.717) is 23.8 Å². The van der Waals surface area contributed by atoms with E-state index in [1.807, 2.05) is 0 Å². The number of nitrogens with one attached hydrogen (secondary N) is 2. The average Bonchev–Trinajstić information content (AvgIpc) is 2.91.